The third-order valence-corrected chi connectivity index (χ3v) is 3.07. The molecule has 1 heterocycles. The summed E-state index contributed by atoms with van der Waals surface area (Å²) in [5, 5.41) is 12.2. The second-order valence-electron chi connectivity index (χ2n) is 3.43. The van der Waals surface area contributed by atoms with Gasteiger partial charge in [-0.2, -0.15) is 13.2 Å². The van der Waals surface area contributed by atoms with Gasteiger partial charge in [0.1, 0.15) is 0 Å². The molecule has 1 aromatic rings. The number of rotatable bonds is 4. The fourth-order valence-corrected chi connectivity index (χ4v) is 2.08. The maximum absolute atomic E-state index is 12.0. The van der Waals surface area contributed by atoms with Gasteiger partial charge in [0.25, 0.3) is 0 Å². The zero-order valence-electron chi connectivity index (χ0n) is 8.93. The number of halogens is 3. The summed E-state index contributed by atoms with van der Waals surface area (Å²) in [6.07, 6.45) is -6.88. The summed E-state index contributed by atoms with van der Waals surface area (Å²) in [7, 11) is 0. The first-order valence-electron chi connectivity index (χ1n) is 4.69. The third kappa shape index (κ3) is 3.73. The maximum Gasteiger partial charge on any atom is 0.415 e. The highest BCUT2D eigenvalue weighted by Crippen LogP contribution is 2.20. The van der Waals surface area contributed by atoms with Crippen molar-refractivity contribution in [3.8, 4) is 0 Å². The lowest BCUT2D eigenvalue weighted by Gasteiger charge is -2.14. The van der Waals surface area contributed by atoms with E-state index in [0.29, 0.717) is 6.54 Å². The Morgan fingerprint density at radius 2 is 2.06 bits per heavy atom. The van der Waals surface area contributed by atoms with Gasteiger partial charge in [0, 0.05) is 18.0 Å². The molecule has 92 valence electrons. The van der Waals surface area contributed by atoms with Gasteiger partial charge < -0.3 is 10.4 Å². The molecule has 0 aliphatic rings. The molecule has 0 saturated heterocycles. The first-order chi connectivity index (χ1) is 7.30. The Hall–Kier alpha value is -0.660. The molecule has 0 radical (unpaired) electrons. The number of aryl methyl sites for hydroxylation is 2. The fraction of sp³-hybridized carbons (Fsp3) is 0.667. The van der Waals surface area contributed by atoms with Crippen LogP contribution in [0.25, 0.3) is 0 Å². The van der Waals surface area contributed by atoms with Gasteiger partial charge in [0.15, 0.2) is 6.10 Å². The van der Waals surface area contributed by atoms with Crippen molar-refractivity contribution < 1.29 is 18.3 Å². The molecule has 0 aromatic carbocycles. The number of aromatic nitrogens is 1. The van der Waals surface area contributed by atoms with Gasteiger partial charge in [-0.25, -0.2) is 4.98 Å². The van der Waals surface area contributed by atoms with Crippen LogP contribution in [0.2, 0.25) is 0 Å². The summed E-state index contributed by atoms with van der Waals surface area (Å²) in [6.45, 7) is 3.44. The first-order valence-corrected chi connectivity index (χ1v) is 5.50. The quantitative estimate of drug-likeness (QED) is 0.860. The molecule has 0 amide bonds. The predicted molar refractivity (Wildman–Crippen MR) is 55.4 cm³/mol. The van der Waals surface area contributed by atoms with Crippen molar-refractivity contribution in [1.82, 2.24) is 10.3 Å². The van der Waals surface area contributed by atoms with Crippen LogP contribution in [0.3, 0.4) is 0 Å². The Labute approximate surface area is 95.3 Å². The average molecular weight is 254 g/mol. The van der Waals surface area contributed by atoms with Gasteiger partial charge in [-0.3, -0.25) is 0 Å². The largest absolute Gasteiger partial charge is 0.415 e. The van der Waals surface area contributed by atoms with Gasteiger partial charge in [-0.15, -0.1) is 11.3 Å². The van der Waals surface area contributed by atoms with Crippen LogP contribution in [0.5, 0.6) is 0 Å². The fourth-order valence-electron chi connectivity index (χ4n) is 1.18. The Balaban J connectivity index is 2.39. The molecule has 3 nitrogen and oxygen atoms in total. The minimum atomic E-state index is -4.56. The number of nitrogens with zero attached hydrogens (tertiary/aromatic N) is 1. The van der Waals surface area contributed by atoms with Crippen LogP contribution in [0.15, 0.2) is 0 Å². The highest BCUT2D eigenvalue weighted by Gasteiger charge is 2.37. The van der Waals surface area contributed by atoms with E-state index in [1.807, 2.05) is 6.92 Å². The van der Waals surface area contributed by atoms with Crippen molar-refractivity contribution in [2.24, 2.45) is 0 Å². The molecule has 0 aliphatic heterocycles. The minimum absolute atomic E-state index is 0.296. The maximum atomic E-state index is 12.0. The molecular formula is C9H13F3N2OS. The molecule has 1 atom stereocenters. The van der Waals surface area contributed by atoms with Crippen molar-refractivity contribution >= 4 is 11.3 Å². The van der Waals surface area contributed by atoms with Crippen molar-refractivity contribution in [3.05, 3.63) is 15.6 Å². The highest BCUT2D eigenvalue weighted by atomic mass is 32.1. The Morgan fingerprint density at radius 1 is 1.44 bits per heavy atom. The van der Waals surface area contributed by atoms with E-state index >= 15 is 0 Å². The van der Waals surface area contributed by atoms with Crippen molar-refractivity contribution in [1.29, 1.82) is 0 Å². The average Bonchev–Trinajstić information content (AvgIpc) is 2.43. The molecule has 1 aromatic heterocycles. The Kier molecular flexibility index (Phi) is 4.28. The lowest BCUT2D eigenvalue weighted by molar-refractivity contribution is -0.201. The smallest absolute Gasteiger partial charge is 0.382 e. The second kappa shape index (κ2) is 5.11. The molecule has 2 N–H and O–H groups in total. The van der Waals surface area contributed by atoms with Gasteiger partial charge >= 0.3 is 6.18 Å². The summed E-state index contributed by atoms with van der Waals surface area (Å²) >= 11 is 1.44. The van der Waals surface area contributed by atoms with Crippen molar-refractivity contribution in [2.75, 3.05) is 6.54 Å². The topological polar surface area (TPSA) is 45.2 Å². The van der Waals surface area contributed by atoms with Gasteiger partial charge in [0.05, 0.1) is 10.7 Å². The number of alkyl halides is 3. The van der Waals surface area contributed by atoms with E-state index in [4.69, 9.17) is 5.11 Å². The predicted octanol–water partition coefficient (Wildman–Crippen LogP) is 1.77. The molecule has 7 heteroatoms. The van der Waals surface area contributed by atoms with Crippen LogP contribution in [0.4, 0.5) is 13.2 Å². The lowest BCUT2D eigenvalue weighted by Crippen LogP contribution is -2.38. The summed E-state index contributed by atoms with van der Waals surface area (Å²) in [6, 6.07) is 0. The normalized spacial score (nSPS) is 14.1. The Bertz CT molecular complexity index is 351. The molecule has 0 bridgehead atoms. The summed E-state index contributed by atoms with van der Waals surface area (Å²) < 4.78 is 35.9. The van der Waals surface area contributed by atoms with Crippen molar-refractivity contribution in [2.45, 2.75) is 32.7 Å². The number of thiazole rings is 1. The van der Waals surface area contributed by atoms with Crippen LogP contribution < -0.4 is 5.32 Å². The van der Waals surface area contributed by atoms with E-state index in [0.717, 1.165) is 15.6 Å². The Morgan fingerprint density at radius 3 is 2.50 bits per heavy atom. The second-order valence-corrected chi connectivity index (χ2v) is 4.72. The number of aliphatic hydroxyl groups is 1. The highest BCUT2D eigenvalue weighted by molar-refractivity contribution is 7.11. The molecular weight excluding hydrogens is 241 g/mol. The van der Waals surface area contributed by atoms with Gasteiger partial charge in [-0.1, -0.05) is 0 Å². The SMILES string of the molecule is Cc1nc(C)c(CNCC(O)C(F)(F)F)s1. The van der Waals surface area contributed by atoms with E-state index < -0.39 is 18.8 Å². The van der Waals surface area contributed by atoms with E-state index in [2.05, 4.69) is 10.3 Å². The zero-order chi connectivity index (χ0) is 12.3. The molecule has 1 rings (SSSR count). The summed E-state index contributed by atoms with van der Waals surface area (Å²) in [5.41, 5.74) is 0.816. The lowest BCUT2D eigenvalue weighted by atomic mass is 10.3. The van der Waals surface area contributed by atoms with E-state index in [1.165, 1.54) is 11.3 Å². The van der Waals surface area contributed by atoms with Crippen LogP contribution in [-0.2, 0) is 6.54 Å². The molecule has 0 aliphatic carbocycles. The van der Waals surface area contributed by atoms with Gasteiger partial charge in [-0.05, 0) is 13.8 Å². The molecule has 0 fully saturated rings. The van der Waals surface area contributed by atoms with Gasteiger partial charge in [0.2, 0.25) is 0 Å². The van der Waals surface area contributed by atoms with E-state index in [-0.39, 0.29) is 0 Å². The molecule has 1 unspecified atom stereocenters. The summed E-state index contributed by atoms with van der Waals surface area (Å²) in [4.78, 5) is 5.05. The summed E-state index contributed by atoms with van der Waals surface area (Å²) in [5.74, 6) is 0. The number of nitrogens with one attached hydrogen (secondary N) is 1. The number of hydrogen-bond acceptors (Lipinski definition) is 4. The van der Waals surface area contributed by atoms with Crippen LogP contribution in [0.1, 0.15) is 15.6 Å². The zero-order valence-corrected chi connectivity index (χ0v) is 9.74. The molecule has 0 spiro atoms. The van der Waals surface area contributed by atoms with Crippen molar-refractivity contribution in [3.63, 3.8) is 0 Å². The monoisotopic (exact) mass is 254 g/mol. The molecule has 16 heavy (non-hydrogen) atoms. The van der Waals surface area contributed by atoms with Crippen LogP contribution in [0, 0.1) is 13.8 Å². The van der Waals surface area contributed by atoms with Crippen LogP contribution in [-0.4, -0.2) is 28.9 Å². The molecule has 0 saturated carbocycles. The first kappa shape index (κ1) is 13.4. The van der Waals surface area contributed by atoms with E-state index in [1.54, 1.807) is 6.92 Å². The van der Waals surface area contributed by atoms with E-state index in [9.17, 15) is 13.2 Å². The third-order valence-electron chi connectivity index (χ3n) is 2.00. The minimum Gasteiger partial charge on any atom is -0.382 e. The van der Waals surface area contributed by atoms with Crippen LogP contribution >= 0.6 is 11.3 Å². The number of aliphatic hydroxyl groups excluding tert-OH is 1. The number of hydrogen-bond donors (Lipinski definition) is 2. The standard InChI is InChI=1S/C9H13F3N2OS/c1-5-7(16-6(2)14-5)3-13-4-8(15)9(10,11)12/h8,13,15H,3-4H2,1-2H3.